The van der Waals surface area contributed by atoms with Gasteiger partial charge in [0.1, 0.15) is 0 Å². The maximum atomic E-state index is 12.0. The van der Waals surface area contributed by atoms with Gasteiger partial charge in [0.05, 0.1) is 6.54 Å². The van der Waals surface area contributed by atoms with E-state index in [1.165, 1.54) is 5.56 Å². The van der Waals surface area contributed by atoms with Gasteiger partial charge in [0.25, 0.3) is 0 Å². The normalized spacial score (nSPS) is 12.4. The fourth-order valence-electron chi connectivity index (χ4n) is 2.70. The molecule has 1 aliphatic heterocycles. The zero-order chi connectivity index (χ0) is 16.8. The Morgan fingerprint density at radius 3 is 2.71 bits per heavy atom. The van der Waals surface area contributed by atoms with Gasteiger partial charge in [0, 0.05) is 13.1 Å². The Kier molecular flexibility index (Phi) is 5.33. The lowest BCUT2D eigenvalue weighted by Gasteiger charge is -2.16. The number of amides is 1. The largest absolute Gasteiger partial charge is 0.454 e. The smallest absolute Gasteiger partial charge is 0.234 e. The Labute approximate surface area is 142 Å². The lowest BCUT2D eigenvalue weighted by molar-refractivity contribution is -0.122. The highest BCUT2D eigenvalue weighted by Gasteiger charge is 2.14. The second-order valence-electron chi connectivity index (χ2n) is 5.95. The van der Waals surface area contributed by atoms with E-state index in [1.54, 1.807) is 0 Å². The fourth-order valence-corrected chi connectivity index (χ4v) is 2.70. The molecule has 0 atom stereocenters. The summed E-state index contributed by atoms with van der Waals surface area (Å²) in [4.78, 5) is 14.0. The molecule has 126 valence electrons. The molecule has 1 heterocycles. The highest BCUT2D eigenvalue weighted by Crippen LogP contribution is 2.32. The summed E-state index contributed by atoms with van der Waals surface area (Å²) >= 11 is 0. The van der Waals surface area contributed by atoms with Crippen LogP contribution < -0.4 is 14.8 Å². The third-order valence-electron chi connectivity index (χ3n) is 3.88. The monoisotopic (exact) mass is 326 g/mol. The Balaban J connectivity index is 1.41. The number of benzene rings is 2. The maximum Gasteiger partial charge on any atom is 0.234 e. The van der Waals surface area contributed by atoms with E-state index in [2.05, 4.69) is 17.4 Å². The Morgan fingerprint density at radius 2 is 1.88 bits per heavy atom. The van der Waals surface area contributed by atoms with Gasteiger partial charge in [0.2, 0.25) is 12.7 Å². The van der Waals surface area contributed by atoms with Crippen LogP contribution >= 0.6 is 0 Å². The molecular weight excluding hydrogens is 304 g/mol. The zero-order valence-corrected chi connectivity index (χ0v) is 13.8. The summed E-state index contributed by atoms with van der Waals surface area (Å²) < 4.78 is 10.7. The van der Waals surface area contributed by atoms with E-state index < -0.39 is 0 Å². The van der Waals surface area contributed by atoms with Crippen molar-refractivity contribution in [3.63, 3.8) is 0 Å². The summed E-state index contributed by atoms with van der Waals surface area (Å²) in [7, 11) is 1.93. The summed E-state index contributed by atoms with van der Waals surface area (Å²) in [6, 6.07) is 16.0. The van der Waals surface area contributed by atoms with Crippen LogP contribution in [0.15, 0.2) is 48.5 Å². The van der Waals surface area contributed by atoms with Crippen LogP contribution in [0.25, 0.3) is 0 Å². The molecule has 1 N–H and O–H groups in total. The van der Waals surface area contributed by atoms with E-state index >= 15 is 0 Å². The van der Waals surface area contributed by atoms with Gasteiger partial charge in [-0.1, -0.05) is 36.4 Å². The minimum Gasteiger partial charge on any atom is -0.454 e. The topological polar surface area (TPSA) is 50.8 Å². The lowest BCUT2D eigenvalue weighted by Crippen LogP contribution is -2.35. The first-order valence-electron chi connectivity index (χ1n) is 8.08. The van der Waals surface area contributed by atoms with Crippen molar-refractivity contribution in [1.29, 1.82) is 0 Å². The van der Waals surface area contributed by atoms with Crippen molar-refractivity contribution in [2.75, 3.05) is 26.9 Å². The molecule has 0 unspecified atom stereocenters. The summed E-state index contributed by atoms with van der Waals surface area (Å²) in [6.45, 7) is 1.98. The number of rotatable bonds is 7. The molecule has 1 amide bonds. The molecule has 0 saturated carbocycles. The van der Waals surface area contributed by atoms with Crippen LogP contribution in [0.5, 0.6) is 11.5 Å². The van der Waals surface area contributed by atoms with E-state index in [0.29, 0.717) is 19.6 Å². The van der Waals surface area contributed by atoms with Crippen molar-refractivity contribution >= 4 is 5.91 Å². The molecule has 0 saturated heterocycles. The molecule has 0 aliphatic carbocycles. The van der Waals surface area contributed by atoms with Crippen molar-refractivity contribution in [2.45, 2.75) is 13.0 Å². The minimum atomic E-state index is 0.0363. The van der Waals surface area contributed by atoms with Gasteiger partial charge < -0.3 is 14.8 Å². The Hall–Kier alpha value is -2.53. The Bertz CT molecular complexity index is 688. The second kappa shape index (κ2) is 7.84. The van der Waals surface area contributed by atoms with Crippen molar-refractivity contribution < 1.29 is 14.3 Å². The van der Waals surface area contributed by atoms with Crippen molar-refractivity contribution in [1.82, 2.24) is 10.2 Å². The number of hydrogen-bond acceptors (Lipinski definition) is 4. The van der Waals surface area contributed by atoms with Gasteiger partial charge in [-0.2, -0.15) is 0 Å². The third-order valence-corrected chi connectivity index (χ3v) is 3.88. The maximum absolute atomic E-state index is 12.0. The predicted molar refractivity (Wildman–Crippen MR) is 92.1 cm³/mol. The average molecular weight is 326 g/mol. The van der Waals surface area contributed by atoms with E-state index in [4.69, 9.17) is 9.47 Å². The molecule has 0 spiro atoms. The number of nitrogens with one attached hydrogen (secondary N) is 1. The quantitative estimate of drug-likeness (QED) is 0.847. The number of ether oxygens (including phenoxy) is 2. The molecule has 2 aromatic carbocycles. The number of likely N-dealkylation sites (N-methyl/N-ethyl adjacent to an activating group) is 1. The molecule has 0 aromatic heterocycles. The fraction of sp³-hybridized carbons (Fsp3) is 0.316. The SMILES string of the molecule is CN(CC(=O)NCCc1ccccc1)Cc1ccc2c(c1)OCO2. The first kappa shape index (κ1) is 16.3. The number of hydrogen-bond donors (Lipinski definition) is 1. The lowest BCUT2D eigenvalue weighted by atomic mass is 10.1. The standard InChI is InChI=1S/C19H22N2O3/c1-21(12-16-7-8-17-18(11-16)24-14-23-17)13-19(22)20-10-9-15-5-3-2-4-6-15/h2-8,11H,9-10,12-14H2,1H3,(H,20,22). The number of carbonyl (C=O) groups excluding carboxylic acids is 1. The number of nitrogens with zero attached hydrogens (tertiary/aromatic N) is 1. The molecule has 2 aromatic rings. The highest BCUT2D eigenvalue weighted by atomic mass is 16.7. The minimum absolute atomic E-state index is 0.0363. The van der Waals surface area contributed by atoms with Gasteiger partial charge in [0.15, 0.2) is 11.5 Å². The summed E-state index contributed by atoms with van der Waals surface area (Å²) in [5, 5.41) is 2.96. The number of fused-ring (bicyclic) bond motifs is 1. The molecule has 0 fully saturated rings. The Morgan fingerprint density at radius 1 is 1.08 bits per heavy atom. The van der Waals surface area contributed by atoms with Crippen LogP contribution in [0.4, 0.5) is 0 Å². The predicted octanol–water partition coefficient (Wildman–Crippen LogP) is 2.21. The first-order chi connectivity index (χ1) is 11.7. The summed E-state index contributed by atoms with van der Waals surface area (Å²) in [5.41, 5.74) is 2.32. The van der Waals surface area contributed by atoms with Crippen LogP contribution in [0.2, 0.25) is 0 Å². The van der Waals surface area contributed by atoms with Crippen LogP contribution in [-0.4, -0.2) is 37.7 Å². The van der Waals surface area contributed by atoms with E-state index in [-0.39, 0.29) is 12.7 Å². The second-order valence-corrected chi connectivity index (χ2v) is 5.95. The molecule has 3 rings (SSSR count). The van der Waals surface area contributed by atoms with E-state index in [1.807, 2.05) is 48.3 Å². The number of carbonyl (C=O) groups is 1. The molecule has 5 nitrogen and oxygen atoms in total. The van der Waals surface area contributed by atoms with Crippen LogP contribution in [0, 0.1) is 0 Å². The molecule has 5 heteroatoms. The summed E-state index contributed by atoms with van der Waals surface area (Å²) in [6.07, 6.45) is 0.846. The highest BCUT2D eigenvalue weighted by molar-refractivity contribution is 5.77. The summed E-state index contributed by atoms with van der Waals surface area (Å²) in [5.74, 6) is 1.59. The average Bonchev–Trinajstić information content (AvgIpc) is 3.03. The van der Waals surface area contributed by atoms with Gasteiger partial charge in [-0.3, -0.25) is 9.69 Å². The van der Waals surface area contributed by atoms with Gasteiger partial charge in [-0.15, -0.1) is 0 Å². The molecule has 0 bridgehead atoms. The van der Waals surface area contributed by atoms with Gasteiger partial charge in [-0.05, 0) is 36.7 Å². The van der Waals surface area contributed by atoms with Crippen molar-refractivity contribution in [3.05, 3.63) is 59.7 Å². The first-order valence-corrected chi connectivity index (χ1v) is 8.08. The van der Waals surface area contributed by atoms with Crippen LogP contribution in [0.3, 0.4) is 0 Å². The van der Waals surface area contributed by atoms with Crippen molar-refractivity contribution in [2.24, 2.45) is 0 Å². The van der Waals surface area contributed by atoms with Crippen LogP contribution in [-0.2, 0) is 17.8 Å². The van der Waals surface area contributed by atoms with Gasteiger partial charge in [-0.25, -0.2) is 0 Å². The molecule has 0 radical (unpaired) electrons. The van der Waals surface area contributed by atoms with E-state index in [0.717, 1.165) is 23.5 Å². The van der Waals surface area contributed by atoms with Crippen LogP contribution in [0.1, 0.15) is 11.1 Å². The molecule has 24 heavy (non-hydrogen) atoms. The third kappa shape index (κ3) is 4.49. The zero-order valence-electron chi connectivity index (χ0n) is 13.8. The van der Waals surface area contributed by atoms with Gasteiger partial charge >= 0.3 is 0 Å². The van der Waals surface area contributed by atoms with E-state index in [9.17, 15) is 4.79 Å². The molecule has 1 aliphatic rings. The molecular formula is C19H22N2O3. The van der Waals surface area contributed by atoms with Crippen molar-refractivity contribution in [3.8, 4) is 11.5 Å².